The molecule has 2 aliphatic heterocycles. The molecule has 0 saturated carbocycles. The maximum Gasteiger partial charge on any atom is 0.238 e. The SMILES string of the molecule is CN1CCC(Oc2ccc(NC(=O)CN(C)C3CCNCC3)cc2)CC1.Cl.Cl. The van der Waals surface area contributed by atoms with Gasteiger partial charge in [0.1, 0.15) is 11.9 Å². The molecule has 0 radical (unpaired) electrons. The summed E-state index contributed by atoms with van der Waals surface area (Å²) in [6.07, 6.45) is 4.64. The molecule has 0 bridgehead atoms. The van der Waals surface area contributed by atoms with Crippen LogP contribution in [0.4, 0.5) is 5.69 Å². The molecular formula is C20H34Cl2N4O2. The van der Waals surface area contributed by atoms with Crippen molar-refractivity contribution < 1.29 is 9.53 Å². The van der Waals surface area contributed by atoms with Crippen LogP contribution in [0.15, 0.2) is 24.3 Å². The standard InChI is InChI=1S/C20H32N4O2.2ClH/c1-23-13-9-19(10-14-23)26-18-5-3-16(4-6-18)22-20(25)15-24(2)17-7-11-21-12-8-17;;/h3-6,17,19,21H,7-15H2,1-2H3,(H,22,25);2*1H. The highest BCUT2D eigenvalue weighted by Crippen LogP contribution is 2.21. The molecule has 160 valence electrons. The van der Waals surface area contributed by atoms with Crippen LogP contribution in [0.5, 0.6) is 5.75 Å². The van der Waals surface area contributed by atoms with E-state index in [2.05, 4.69) is 27.5 Å². The molecular weight excluding hydrogens is 399 g/mol. The molecule has 2 saturated heterocycles. The molecule has 0 aromatic heterocycles. The van der Waals surface area contributed by atoms with Crippen molar-refractivity contribution in [2.45, 2.75) is 37.8 Å². The van der Waals surface area contributed by atoms with Crippen LogP contribution in [-0.2, 0) is 4.79 Å². The monoisotopic (exact) mass is 432 g/mol. The number of anilines is 1. The van der Waals surface area contributed by atoms with Crippen LogP contribution >= 0.6 is 24.8 Å². The zero-order chi connectivity index (χ0) is 18.4. The van der Waals surface area contributed by atoms with E-state index >= 15 is 0 Å². The number of rotatable bonds is 6. The fraction of sp³-hybridized carbons (Fsp3) is 0.650. The van der Waals surface area contributed by atoms with Crippen LogP contribution in [0.2, 0.25) is 0 Å². The van der Waals surface area contributed by atoms with Crippen molar-refractivity contribution in [2.75, 3.05) is 52.1 Å². The largest absolute Gasteiger partial charge is 0.490 e. The van der Waals surface area contributed by atoms with E-state index in [0.717, 1.165) is 63.3 Å². The summed E-state index contributed by atoms with van der Waals surface area (Å²) in [6.45, 7) is 4.68. The first kappa shape index (κ1) is 25.0. The number of carbonyl (C=O) groups is 1. The molecule has 1 aromatic carbocycles. The van der Waals surface area contributed by atoms with Gasteiger partial charge < -0.3 is 20.3 Å². The quantitative estimate of drug-likeness (QED) is 0.723. The van der Waals surface area contributed by atoms with Crippen molar-refractivity contribution >= 4 is 36.4 Å². The first-order chi connectivity index (χ1) is 12.6. The van der Waals surface area contributed by atoms with Crippen molar-refractivity contribution in [1.82, 2.24) is 15.1 Å². The molecule has 2 aliphatic rings. The van der Waals surface area contributed by atoms with E-state index in [-0.39, 0.29) is 30.7 Å². The van der Waals surface area contributed by atoms with Gasteiger partial charge in [-0.2, -0.15) is 0 Å². The number of benzene rings is 1. The van der Waals surface area contributed by atoms with Crippen LogP contribution in [-0.4, -0.2) is 74.7 Å². The molecule has 0 unspecified atom stereocenters. The third-order valence-corrected chi connectivity index (χ3v) is 5.43. The fourth-order valence-electron chi connectivity index (χ4n) is 3.72. The highest BCUT2D eigenvalue weighted by Gasteiger charge is 2.20. The van der Waals surface area contributed by atoms with E-state index in [9.17, 15) is 4.79 Å². The third kappa shape index (κ3) is 7.76. The van der Waals surface area contributed by atoms with E-state index in [0.29, 0.717) is 18.7 Å². The summed E-state index contributed by atoms with van der Waals surface area (Å²) in [5, 5.41) is 6.35. The minimum atomic E-state index is 0. The van der Waals surface area contributed by atoms with Gasteiger partial charge in [-0.1, -0.05) is 0 Å². The smallest absolute Gasteiger partial charge is 0.238 e. The predicted octanol–water partition coefficient (Wildman–Crippen LogP) is 2.63. The summed E-state index contributed by atoms with van der Waals surface area (Å²) in [5.41, 5.74) is 0.824. The highest BCUT2D eigenvalue weighted by molar-refractivity contribution is 5.92. The molecule has 8 heteroatoms. The van der Waals surface area contributed by atoms with E-state index < -0.39 is 0 Å². The highest BCUT2D eigenvalue weighted by atomic mass is 35.5. The molecule has 28 heavy (non-hydrogen) atoms. The number of carbonyl (C=O) groups excluding carboxylic acids is 1. The number of hydrogen-bond acceptors (Lipinski definition) is 5. The lowest BCUT2D eigenvalue weighted by atomic mass is 10.1. The minimum Gasteiger partial charge on any atom is -0.490 e. The maximum absolute atomic E-state index is 12.3. The normalized spacial score (nSPS) is 18.8. The zero-order valence-electron chi connectivity index (χ0n) is 16.9. The van der Waals surface area contributed by atoms with Gasteiger partial charge in [0.15, 0.2) is 0 Å². The molecule has 3 rings (SSSR count). The molecule has 0 atom stereocenters. The summed E-state index contributed by atoms with van der Waals surface area (Å²) in [5.74, 6) is 0.916. The van der Waals surface area contributed by atoms with Crippen molar-refractivity contribution in [3.05, 3.63) is 24.3 Å². The van der Waals surface area contributed by atoms with Gasteiger partial charge in [-0.3, -0.25) is 9.69 Å². The first-order valence-electron chi connectivity index (χ1n) is 9.76. The number of nitrogens with zero attached hydrogens (tertiary/aromatic N) is 2. The summed E-state index contributed by atoms with van der Waals surface area (Å²) in [4.78, 5) is 16.8. The molecule has 0 spiro atoms. The van der Waals surface area contributed by atoms with Gasteiger partial charge in [0.05, 0.1) is 6.54 Å². The first-order valence-corrected chi connectivity index (χ1v) is 9.76. The lowest BCUT2D eigenvalue weighted by Gasteiger charge is -2.31. The van der Waals surface area contributed by atoms with Crippen molar-refractivity contribution in [1.29, 1.82) is 0 Å². The Morgan fingerprint density at radius 2 is 1.75 bits per heavy atom. The van der Waals surface area contributed by atoms with Gasteiger partial charge in [0.25, 0.3) is 0 Å². The summed E-state index contributed by atoms with van der Waals surface area (Å²) < 4.78 is 6.05. The summed E-state index contributed by atoms with van der Waals surface area (Å²) in [7, 11) is 4.18. The summed E-state index contributed by atoms with van der Waals surface area (Å²) >= 11 is 0. The molecule has 2 heterocycles. The van der Waals surface area contributed by atoms with Gasteiger partial charge >= 0.3 is 0 Å². The maximum atomic E-state index is 12.3. The van der Waals surface area contributed by atoms with Gasteiger partial charge in [0, 0.05) is 24.8 Å². The summed E-state index contributed by atoms with van der Waals surface area (Å²) in [6, 6.07) is 8.24. The van der Waals surface area contributed by atoms with Crippen LogP contribution in [0.1, 0.15) is 25.7 Å². The number of ether oxygens (including phenoxy) is 1. The van der Waals surface area contributed by atoms with Gasteiger partial charge in [0.2, 0.25) is 5.91 Å². The Bertz CT molecular complexity index is 574. The molecule has 2 fully saturated rings. The lowest BCUT2D eigenvalue weighted by molar-refractivity contribution is -0.117. The third-order valence-electron chi connectivity index (χ3n) is 5.43. The van der Waals surface area contributed by atoms with Crippen LogP contribution in [0, 0.1) is 0 Å². The Balaban J connectivity index is 0.00000196. The Morgan fingerprint density at radius 1 is 1.14 bits per heavy atom. The molecule has 1 aromatic rings. The number of amides is 1. The van der Waals surface area contributed by atoms with E-state index in [1.165, 1.54) is 0 Å². The van der Waals surface area contributed by atoms with Crippen molar-refractivity contribution in [3.8, 4) is 5.75 Å². The average molecular weight is 433 g/mol. The average Bonchev–Trinajstić information content (AvgIpc) is 2.66. The lowest BCUT2D eigenvalue weighted by Crippen LogP contribution is -2.44. The van der Waals surface area contributed by atoms with Crippen LogP contribution in [0.25, 0.3) is 0 Å². The topological polar surface area (TPSA) is 56.8 Å². The van der Waals surface area contributed by atoms with E-state index in [4.69, 9.17) is 4.74 Å². The number of likely N-dealkylation sites (tertiary alicyclic amines) is 1. The predicted molar refractivity (Wildman–Crippen MR) is 119 cm³/mol. The molecule has 6 nitrogen and oxygen atoms in total. The molecule has 0 aliphatic carbocycles. The Labute approximate surface area is 181 Å². The van der Waals surface area contributed by atoms with Crippen LogP contribution < -0.4 is 15.4 Å². The molecule has 1 amide bonds. The molecule has 2 N–H and O–H groups in total. The number of halogens is 2. The van der Waals surface area contributed by atoms with E-state index in [1.807, 2.05) is 31.3 Å². The second kappa shape index (κ2) is 12.5. The number of hydrogen-bond donors (Lipinski definition) is 2. The van der Waals surface area contributed by atoms with Gasteiger partial charge in [-0.15, -0.1) is 24.8 Å². The van der Waals surface area contributed by atoms with Crippen molar-refractivity contribution in [2.24, 2.45) is 0 Å². The number of likely N-dealkylation sites (N-methyl/N-ethyl adjacent to an activating group) is 1. The fourth-order valence-corrected chi connectivity index (χ4v) is 3.72. The van der Waals surface area contributed by atoms with Gasteiger partial charge in [-0.05, 0) is 77.1 Å². The Morgan fingerprint density at radius 3 is 2.36 bits per heavy atom. The Kier molecular flexibility index (Phi) is 11.2. The van der Waals surface area contributed by atoms with Crippen LogP contribution in [0.3, 0.4) is 0 Å². The number of nitrogens with one attached hydrogen (secondary N) is 2. The number of piperidine rings is 2. The van der Waals surface area contributed by atoms with E-state index in [1.54, 1.807) is 0 Å². The Hall–Kier alpha value is -1.05. The minimum absolute atomic E-state index is 0. The second-order valence-corrected chi connectivity index (χ2v) is 7.59. The van der Waals surface area contributed by atoms with Crippen molar-refractivity contribution in [3.63, 3.8) is 0 Å². The second-order valence-electron chi connectivity index (χ2n) is 7.59. The zero-order valence-corrected chi connectivity index (χ0v) is 18.5. The van der Waals surface area contributed by atoms with Gasteiger partial charge in [-0.25, -0.2) is 0 Å².